The lowest BCUT2D eigenvalue weighted by Gasteiger charge is -2.34. The molecule has 1 rings (SSSR count). The van der Waals surface area contributed by atoms with Gasteiger partial charge in [-0.15, -0.1) is 0 Å². The van der Waals surface area contributed by atoms with E-state index in [0.29, 0.717) is 0 Å². The SMILES string of the molecule is O=C(Nc1ccc(Cl)cc1)C(F)(OC(F)(F)C(F)(F)C(F)(F)F)C(F)(F)F. The van der Waals surface area contributed by atoms with Gasteiger partial charge in [0.1, 0.15) is 0 Å². The Labute approximate surface area is 147 Å². The molecule has 27 heavy (non-hydrogen) atoms. The van der Waals surface area contributed by atoms with E-state index in [2.05, 4.69) is 4.74 Å². The number of nitrogens with one attached hydrogen (secondary N) is 1. The fraction of sp³-hybridized carbons (Fsp3) is 0.417. The number of halogens is 12. The molecule has 0 bridgehead atoms. The van der Waals surface area contributed by atoms with E-state index < -0.39 is 41.8 Å². The molecule has 0 aliphatic rings. The van der Waals surface area contributed by atoms with E-state index in [1.165, 1.54) is 0 Å². The van der Waals surface area contributed by atoms with Crippen molar-refractivity contribution in [2.75, 3.05) is 5.32 Å². The molecular weight excluding hydrogens is 435 g/mol. The Hall–Kier alpha value is -1.83. The van der Waals surface area contributed by atoms with E-state index in [1.54, 1.807) is 0 Å². The second kappa shape index (κ2) is 6.96. The van der Waals surface area contributed by atoms with Crippen LogP contribution < -0.4 is 5.32 Å². The van der Waals surface area contributed by atoms with Gasteiger partial charge < -0.3 is 5.32 Å². The van der Waals surface area contributed by atoms with Crippen LogP contribution in [0.4, 0.5) is 54.0 Å². The lowest BCUT2D eigenvalue weighted by Crippen LogP contribution is -2.62. The van der Waals surface area contributed by atoms with Gasteiger partial charge >= 0.3 is 30.2 Å². The highest BCUT2D eigenvalue weighted by Gasteiger charge is 2.79. The summed E-state index contributed by atoms with van der Waals surface area (Å²) in [5.74, 6) is -16.6. The van der Waals surface area contributed by atoms with Crippen LogP contribution in [0.5, 0.6) is 0 Å². The molecule has 0 aliphatic carbocycles. The average Bonchev–Trinajstić information content (AvgIpc) is 2.46. The van der Waals surface area contributed by atoms with Gasteiger partial charge in [0.05, 0.1) is 0 Å². The van der Waals surface area contributed by atoms with Gasteiger partial charge in [-0.25, -0.2) is 0 Å². The van der Waals surface area contributed by atoms with Crippen molar-refractivity contribution >= 4 is 23.2 Å². The van der Waals surface area contributed by atoms with Gasteiger partial charge in [0.15, 0.2) is 0 Å². The Balaban J connectivity index is 3.27. The van der Waals surface area contributed by atoms with E-state index in [4.69, 9.17) is 11.6 Å². The smallest absolute Gasteiger partial charge is 0.321 e. The summed E-state index contributed by atoms with van der Waals surface area (Å²) in [5.41, 5.74) is -0.690. The Morgan fingerprint density at radius 2 is 1.26 bits per heavy atom. The van der Waals surface area contributed by atoms with Crippen molar-refractivity contribution in [1.29, 1.82) is 0 Å². The van der Waals surface area contributed by atoms with Crippen LogP contribution in [-0.2, 0) is 9.53 Å². The fourth-order valence-corrected chi connectivity index (χ4v) is 1.51. The summed E-state index contributed by atoms with van der Waals surface area (Å²) in [7, 11) is 0. The maximum atomic E-state index is 13.9. The van der Waals surface area contributed by atoms with Crippen LogP contribution in [0, 0.1) is 0 Å². The predicted octanol–water partition coefficient (Wildman–Crippen LogP) is 5.31. The number of carbonyl (C=O) groups excluding carboxylic acids is 1. The Morgan fingerprint density at radius 1 is 0.815 bits per heavy atom. The van der Waals surface area contributed by atoms with Crippen molar-refractivity contribution < 1.29 is 57.8 Å². The third-order valence-corrected chi connectivity index (χ3v) is 3.00. The average molecular weight is 440 g/mol. The third kappa shape index (κ3) is 4.54. The largest absolute Gasteiger partial charge is 0.462 e. The second-order valence-corrected chi connectivity index (χ2v) is 5.18. The topological polar surface area (TPSA) is 38.3 Å². The Bertz CT molecular complexity index is 686. The first-order valence-corrected chi connectivity index (χ1v) is 6.58. The molecule has 1 aromatic rings. The first-order chi connectivity index (χ1) is 11.8. The molecule has 0 saturated heterocycles. The first-order valence-electron chi connectivity index (χ1n) is 6.20. The number of rotatable bonds is 5. The molecule has 0 aliphatic heterocycles. The minimum Gasteiger partial charge on any atom is -0.321 e. The molecule has 1 aromatic carbocycles. The van der Waals surface area contributed by atoms with Crippen LogP contribution in [0.15, 0.2) is 24.3 Å². The number of hydrogen-bond donors (Lipinski definition) is 1. The number of alkyl halides is 11. The molecule has 0 radical (unpaired) electrons. The zero-order chi connectivity index (χ0) is 21.5. The van der Waals surface area contributed by atoms with E-state index >= 15 is 0 Å². The van der Waals surface area contributed by atoms with Crippen molar-refractivity contribution in [1.82, 2.24) is 0 Å². The van der Waals surface area contributed by atoms with Crippen molar-refractivity contribution in [3.8, 4) is 0 Å². The van der Waals surface area contributed by atoms with Gasteiger partial charge in [0, 0.05) is 10.7 Å². The van der Waals surface area contributed by atoms with Crippen molar-refractivity contribution in [2.45, 2.75) is 30.2 Å². The summed E-state index contributed by atoms with van der Waals surface area (Å²) >= 11 is 5.41. The minimum absolute atomic E-state index is 0.0251. The highest BCUT2D eigenvalue weighted by Crippen LogP contribution is 2.51. The van der Waals surface area contributed by atoms with Crippen LogP contribution in [0.1, 0.15) is 0 Å². The summed E-state index contributed by atoms with van der Waals surface area (Å²) in [6.07, 6.45) is -21.0. The fourth-order valence-electron chi connectivity index (χ4n) is 1.38. The van der Waals surface area contributed by atoms with Gasteiger partial charge in [-0.3, -0.25) is 9.53 Å². The zero-order valence-electron chi connectivity index (χ0n) is 12.2. The van der Waals surface area contributed by atoms with Crippen molar-refractivity contribution in [3.05, 3.63) is 29.3 Å². The standard InChI is InChI=1S/C12H5ClF11NO2/c13-5-1-3-6(4-2-5)25-7(26)8(14,10(17,18)19)27-12(23,24)9(15,16)11(20,21)22/h1-4H,(H,25,26). The van der Waals surface area contributed by atoms with Crippen molar-refractivity contribution in [2.24, 2.45) is 0 Å². The molecule has 1 atom stereocenters. The number of ether oxygens (including phenoxy) is 1. The van der Waals surface area contributed by atoms with Crippen molar-refractivity contribution in [3.63, 3.8) is 0 Å². The first kappa shape index (κ1) is 23.2. The molecule has 1 amide bonds. The number of benzene rings is 1. The van der Waals surface area contributed by atoms with Gasteiger partial charge in [0.2, 0.25) is 0 Å². The van der Waals surface area contributed by atoms with Gasteiger partial charge in [-0.05, 0) is 24.3 Å². The highest BCUT2D eigenvalue weighted by atomic mass is 35.5. The van der Waals surface area contributed by atoms with Crippen LogP contribution in [0.25, 0.3) is 0 Å². The molecule has 0 fully saturated rings. The third-order valence-electron chi connectivity index (χ3n) is 2.75. The minimum atomic E-state index is -7.25. The zero-order valence-corrected chi connectivity index (χ0v) is 12.9. The lowest BCUT2D eigenvalue weighted by atomic mass is 10.2. The van der Waals surface area contributed by atoms with Crippen LogP contribution in [0.3, 0.4) is 0 Å². The normalized spacial score (nSPS) is 16.0. The molecular formula is C12H5ClF11NO2. The maximum Gasteiger partial charge on any atom is 0.462 e. The molecule has 0 aromatic heterocycles. The number of amides is 1. The van der Waals surface area contributed by atoms with Crippen LogP contribution in [0.2, 0.25) is 5.02 Å². The van der Waals surface area contributed by atoms with E-state index in [1.807, 2.05) is 0 Å². The predicted molar refractivity (Wildman–Crippen MR) is 67.0 cm³/mol. The van der Waals surface area contributed by atoms with Gasteiger partial charge in [-0.2, -0.15) is 48.3 Å². The summed E-state index contributed by atoms with van der Waals surface area (Å²) < 4.78 is 141. The molecule has 3 nitrogen and oxygen atoms in total. The summed E-state index contributed by atoms with van der Waals surface area (Å²) in [4.78, 5) is 11.4. The summed E-state index contributed by atoms with van der Waals surface area (Å²) in [6, 6.07) is 3.38. The number of carbonyl (C=O) groups is 1. The monoisotopic (exact) mass is 439 g/mol. The number of hydrogen-bond acceptors (Lipinski definition) is 2. The summed E-state index contributed by atoms with van der Waals surface area (Å²) in [6.45, 7) is 0. The summed E-state index contributed by atoms with van der Waals surface area (Å²) in [5, 5.41) is 1.03. The van der Waals surface area contributed by atoms with Gasteiger partial charge in [-0.1, -0.05) is 11.6 Å². The molecule has 154 valence electrons. The molecule has 0 heterocycles. The molecule has 0 saturated carbocycles. The molecule has 15 heteroatoms. The quantitative estimate of drug-likeness (QED) is 0.631. The van der Waals surface area contributed by atoms with E-state index in [0.717, 1.165) is 29.6 Å². The second-order valence-electron chi connectivity index (χ2n) is 4.75. The van der Waals surface area contributed by atoms with Gasteiger partial charge in [0.25, 0.3) is 5.91 Å². The Morgan fingerprint density at radius 3 is 1.63 bits per heavy atom. The molecule has 0 spiro atoms. The van der Waals surface area contributed by atoms with E-state index in [-0.39, 0.29) is 5.02 Å². The van der Waals surface area contributed by atoms with E-state index in [9.17, 15) is 53.1 Å². The molecule has 1 unspecified atom stereocenters. The Kier molecular flexibility index (Phi) is 5.99. The lowest BCUT2D eigenvalue weighted by molar-refractivity contribution is -0.472. The van der Waals surface area contributed by atoms with Crippen LogP contribution in [-0.4, -0.2) is 36.1 Å². The highest BCUT2D eigenvalue weighted by molar-refractivity contribution is 6.30. The number of anilines is 1. The molecule has 1 N–H and O–H groups in total. The maximum absolute atomic E-state index is 13.9. The van der Waals surface area contributed by atoms with Crippen LogP contribution >= 0.6 is 11.6 Å².